The number of non-ortho nitro benzene ring substituents is 2. The average Bonchev–Trinajstić information content (AvgIpc) is 2.59. The number of benzene rings is 2. The van der Waals surface area contributed by atoms with E-state index in [1.165, 1.54) is 0 Å². The third-order valence-corrected chi connectivity index (χ3v) is 3.84. The van der Waals surface area contributed by atoms with Crippen molar-refractivity contribution in [3.63, 3.8) is 0 Å². The van der Waals surface area contributed by atoms with Gasteiger partial charge in [-0.3, -0.25) is 25.0 Å². The molecule has 2 rings (SSSR count). The highest BCUT2D eigenvalue weighted by molar-refractivity contribution is 7.39. The molecule has 13 nitrogen and oxygen atoms in total. The first-order valence-corrected chi connectivity index (χ1v) is 9.20. The van der Waals surface area contributed by atoms with E-state index in [4.69, 9.17) is 14.7 Å². The van der Waals surface area contributed by atoms with E-state index in [1.54, 1.807) is 0 Å². The zero-order valence-electron chi connectivity index (χ0n) is 13.4. The molecule has 15 heteroatoms. The van der Waals surface area contributed by atoms with Gasteiger partial charge in [0.05, 0.1) is 22.0 Å². The van der Waals surface area contributed by atoms with Crippen LogP contribution < -0.4 is 9.05 Å². The molecule has 28 heavy (non-hydrogen) atoms. The summed E-state index contributed by atoms with van der Waals surface area (Å²) in [5.41, 5.74) is -1.98. The van der Waals surface area contributed by atoms with E-state index in [2.05, 4.69) is 9.05 Å². The van der Waals surface area contributed by atoms with Crippen LogP contribution in [-0.2, 0) is 4.57 Å². The molecule has 2 aromatic carbocycles. The molecule has 146 valence electrons. The SMILES string of the molecule is O=C(c1cc(OP(O)O)cc([N+](=O)[O-])c1)c1cc(O[P+](=O)O)cc([N+](=O)[O-])c1. The van der Waals surface area contributed by atoms with E-state index < -0.39 is 55.4 Å². The molecule has 0 saturated heterocycles. The fourth-order valence-corrected chi connectivity index (χ4v) is 2.68. The Morgan fingerprint density at radius 2 is 1.39 bits per heavy atom. The molecule has 0 saturated carbocycles. The molecule has 1 unspecified atom stereocenters. The number of carbonyl (C=O) groups excluding carboxylic acids is 1. The van der Waals surface area contributed by atoms with Crippen molar-refractivity contribution in [2.75, 3.05) is 0 Å². The zero-order valence-corrected chi connectivity index (χ0v) is 15.1. The van der Waals surface area contributed by atoms with Crippen LogP contribution >= 0.6 is 16.9 Å². The van der Waals surface area contributed by atoms with Crippen molar-refractivity contribution in [3.8, 4) is 11.5 Å². The molecular formula is C13H9N2O11P2+. The minimum atomic E-state index is -3.17. The Bertz CT molecular complexity index is 979. The number of rotatable bonds is 8. The number of hydrogen-bond donors (Lipinski definition) is 3. The third-order valence-electron chi connectivity index (χ3n) is 3.10. The van der Waals surface area contributed by atoms with Crippen LogP contribution in [-0.4, -0.2) is 30.3 Å². The summed E-state index contributed by atoms with van der Waals surface area (Å²) in [5.74, 6) is -1.79. The highest BCUT2D eigenvalue weighted by Crippen LogP contribution is 2.34. The van der Waals surface area contributed by atoms with E-state index in [0.717, 1.165) is 36.4 Å². The summed E-state index contributed by atoms with van der Waals surface area (Å²) in [6.45, 7) is 0. The number of hydrogen-bond acceptors (Lipinski definition) is 10. The van der Waals surface area contributed by atoms with E-state index >= 15 is 0 Å². The Balaban J connectivity index is 2.56. The van der Waals surface area contributed by atoms with Crippen molar-refractivity contribution < 1.29 is 42.9 Å². The summed E-state index contributed by atoms with van der Waals surface area (Å²) in [7, 11) is -6.10. The lowest BCUT2D eigenvalue weighted by atomic mass is 10.0. The molecule has 0 spiro atoms. The number of ketones is 1. The summed E-state index contributed by atoms with van der Waals surface area (Å²) < 4.78 is 19.9. The molecule has 0 radical (unpaired) electrons. The molecule has 0 heterocycles. The van der Waals surface area contributed by atoms with Crippen LogP contribution in [0, 0.1) is 20.2 Å². The first-order chi connectivity index (χ1) is 13.1. The highest BCUT2D eigenvalue weighted by Gasteiger charge is 2.24. The molecular weight excluding hydrogens is 422 g/mol. The maximum atomic E-state index is 12.7. The van der Waals surface area contributed by atoms with Gasteiger partial charge < -0.3 is 14.3 Å². The normalized spacial score (nSPS) is 11.1. The Labute approximate surface area is 157 Å². The molecule has 0 aromatic heterocycles. The lowest BCUT2D eigenvalue weighted by molar-refractivity contribution is -0.385. The lowest BCUT2D eigenvalue weighted by Crippen LogP contribution is -2.04. The minimum Gasteiger partial charge on any atom is -0.427 e. The molecule has 2 aromatic rings. The third kappa shape index (κ3) is 5.46. The molecule has 3 N–H and O–H groups in total. The standard InChI is InChI=1S/C13H8N2O11P2/c16-13(7-1-9(14(17)18)5-11(3-7)25-27(21)22)8-2-10(15(19)20)6-12(4-8)26-28(23)24/h1-6,21-22H/p+1. The van der Waals surface area contributed by atoms with Crippen LogP contribution in [0.4, 0.5) is 11.4 Å². The molecule has 0 bridgehead atoms. The highest BCUT2D eigenvalue weighted by atomic mass is 31.2. The molecule has 0 amide bonds. The number of carbonyl (C=O) groups is 1. The summed E-state index contributed by atoms with van der Waals surface area (Å²) in [4.78, 5) is 59.5. The van der Waals surface area contributed by atoms with Crippen LogP contribution in [0.15, 0.2) is 36.4 Å². The summed E-state index contributed by atoms with van der Waals surface area (Å²) in [6.07, 6.45) is 0. The second-order valence-electron chi connectivity index (χ2n) is 4.95. The Morgan fingerprint density at radius 3 is 1.82 bits per heavy atom. The maximum absolute atomic E-state index is 12.7. The topological polar surface area (TPSA) is 200 Å². The maximum Gasteiger partial charge on any atom is 0.747 e. The first kappa shape index (κ1) is 21.2. The molecule has 0 aliphatic carbocycles. The van der Waals surface area contributed by atoms with Crippen LogP contribution in [0.3, 0.4) is 0 Å². The summed E-state index contributed by atoms with van der Waals surface area (Å²) in [5, 5.41) is 22.0. The van der Waals surface area contributed by atoms with Gasteiger partial charge in [0.1, 0.15) is 5.75 Å². The molecule has 0 aliphatic rings. The monoisotopic (exact) mass is 431 g/mol. The number of nitro groups is 2. The largest absolute Gasteiger partial charge is 0.747 e. The van der Waals surface area contributed by atoms with E-state index in [0.29, 0.717) is 0 Å². The Hall–Kier alpha value is -3.08. The zero-order chi connectivity index (χ0) is 21.0. The smallest absolute Gasteiger partial charge is 0.427 e. The van der Waals surface area contributed by atoms with Crippen LogP contribution in [0.25, 0.3) is 0 Å². The van der Waals surface area contributed by atoms with Gasteiger partial charge in [-0.1, -0.05) is 0 Å². The van der Waals surface area contributed by atoms with E-state index in [9.17, 15) is 29.6 Å². The number of nitrogens with zero attached hydrogens (tertiary/aromatic N) is 2. The Morgan fingerprint density at radius 1 is 0.929 bits per heavy atom. The van der Waals surface area contributed by atoms with Crippen molar-refractivity contribution in [1.82, 2.24) is 0 Å². The molecule has 0 fully saturated rings. The van der Waals surface area contributed by atoms with Gasteiger partial charge in [-0.05, 0) is 12.1 Å². The van der Waals surface area contributed by atoms with Crippen LogP contribution in [0.2, 0.25) is 0 Å². The minimum absolute atomic E-state index is 0.360. The van der Waals surface area contributed by atoms with Crippen molar-refractivity contribution in [2.24, 2.45) is 0 Å². The quantitative estimate of drug-likeness (QED) is 0.240. The van der Waals surface area contributed by atoms with Crippen LogP contribution in [0.5, 0.6) is 11.5 Å². The van der Waals surface area contributed by atoms with Gasteiger partial charge in [-0.25, -0.2) is 4.52 Å². The van der Waals surface area contributed by atoms with Gasteiger partial charge in [-0.2, -0.15) is 0 Å². The fourth-order valence-electron chi connectivity index (χ4n) is 2.10. The summed E-state index contributed by atoms with van der Waals surface area (Å²) in [6, 6.07) is 5.23. The van der Waals surface area contributed by atoms with Crippen molar-refractivity contribution in [3.05, 3.63) is 67.8 Å². The van der Waals surface area contributed by atoms with Gasteiger partial charge in [0.15, 0.2) is 11.5 Å². The lowest BCUT2D eigenvalue weighted by Gasteiger charge is -2.08. The van der Waals surface area contributed by atoms with E-state index in [-0.39, 0.29) is 11.1 Å². The van der Waals surface area contributed by atoms with Crippen molar-refractivity contribution in [2.45, 2.75) is 0 Å². The van der Waals surface area contributed by atoms with Gasteiger partial charge in [0, 0.05) is 27.8 Å². The van der Waals surface area contributed by atoms with Crippen molar-refractivity contribution >= 4 is 34.0 Å². The van der Waals surface area contributed by atoms with Crippen molar-refractivity contribution in [1.29, 1.82) is 0 Å². The molecule has 1 atom stereocenters. The molecule has 0 aliphatic heterocycles. The number of nitro benzene ring substituents is 2. The fraction of sp³-hybridized carbons (Fsp3) is 0. The predicted octanol–water partition coefficient (Wildman–Crippen LogP) is 2.35. The second kappa shape index (κ2) is 8.74. The average molecular weight is 431 g/mol. The van der Waals surface area contributed by atoms with Gasteiger partial charge in [0.2, 0.25) is 0 Å². The Kier molecular flexibility index (Phi) is 6.62. The van der Waals surface area contributed by atoms with Gasteiger partial charge >= 0.3 is 16.9 Å². The first-order valence-electron chi connectivity index (χ1n) is 6.90. The van der Waals surface area contributed by atoms with Gasteiger partial charge in [0.25, 0.3) is 11.4 Å². The van der Waals surface area contributed by atoms with E-state index in [1.807, 2.05) is 0 Å². The second-order valence-corrected chi connectivity index (χ2v) is 6.29. The predicted molar refractivity (Wildman–Crippen MR) is 92.1 cm³/mol. The van der Waals surface area contributed by atoms with Gasteiger partial charge in [-0.15, -0.1) is 4.89 Å². The summed E-state index contributed by atoms with van der Waals surface area (Å²) >= 11 is 0. The van der Waals surface area contributed by atoms with Crippen LogP contribution in [0.1, 0.15) is 15.9 Å².